The van der Waals surface area contributed by atoms with Crippen LogP contribution >= 0.6 is 0 Å². The van der Waals surface area contributed by atoms with Crippen LogP contribution in [0.5, 0.6) is 11.5 Å². The minimum absolute atomic E-state index is 0.0250. The lowest BCUT2D eigenvalue weighted by atomic mass is 10.0. The van der Waals surface area contributed by atoms with E-state index in [0.29, 0.717) is 11.5 Å². The van der Waals surface area contributed by atoms with Crippen LogP contribution in [0.25, 0.3) is 0 Å². The maximum atomic E-state index is 12.9. The Bertz CT molecular complexity index is 1030. The SMILES string of the molecule is CCOC(=O)C(NS(=O)(=O)c1ccc(C)cc1)C(O)c1ccc(OC(C)C)c(OC(C)C)c1. The van der Waals surface area contributed by atoms with Crippen LogP contribution in [0.2, 0.25) is 0 Å². The van der Waals surface area contributed by atoms with Crippen LogP contribution in [-0.2, 0) is 19.6 Å². The van der Waals surface area contributed by atoms with Crippen molar-refractivity contribution >= 4 is 16.0 Å². The second-order valence-corrected chi connectivity index (χ2v) is 9.86. The molecule has 0 fully saturated rings. The minimum atomic E-state index is -4.11. The molecule has 0 bridgehead atoms. The number of aliphatic hydroxyl groups is 1. The molecule has 2 aromatic carbocycles. The van der Waals surface area contributed by atoms with Gasteiger partial charge in [-0.2, -0.15) is 4.72 Å². The Morgan fingerprint density at radius 2 is 1.55 bits per heavy atom. The van der Waals surface area contributed by atoms with Crippen LogP contribution in [0, 0.1) is 6.92 Å². The summed E-state index contributed by atoms with van der Waals surface area (Å²) < 4.78 is 44.7. The predicted molar refractivity (Wildman–Crippen MR) is 125 cm³/mol. The number of esters is 1. The molecule has 0 spiro atoms. The van der Waals surface area contributed by atoms with E-state index < -0.39 is 28.1 Å². The van der Waals surface area contributed by atoms with Crippen molar-refractivity contribution in [1.82, 2.24) is 4.72 Å². The molecule has 2 aromatic rings. The summed E-state index contributed by atoms with van der Waals surface area (Å²) in [5, 5.41) is 11.0. The third-order valence-corrected chi connectivity index (χ3v) is 5.96. The van der Waals surface area contributed by atoms with Crippen molar-refractivity contribution in [2.24, 2.45) is 0 Å². The fraction of sp³-hybridized carbons (Fsp3) is 0.458. The largest absolute Gasteiger partial charge is 0.487 e. The number of nitrogens with one attached hydrogen (secondary N) is 1. The van der Waals surface area contributed by atoms with Crippen molar-refractivity contribution in [3.05, 3.63) is 53.6 Å². The highest BCUT2D eigenvalue weighted by atomic mass is 32.2. The molecule has 0 saturated heterocycles. The summed E-state index contributed by atoms with van der Waals surface area (Å²) in [6.45, 7) is 10.9. The van der Waals surface area contributed by atoms with Crippen molar-refractivity contribution in [2.75, 3.05) is 6.61 Å². The van der Waals surface area contributed by atoms with Gasteiger partial charge in [-0.25, -0.2) is 8.42 Å². The molecule has 0 aliphatic rings. The first kappa shape index (κ1) is 26.6. The Kier molecular flexibility index (Phi) is 9.27. The van der Waals surface area contributed by atoms with Gasteiger partial charge in [0, 0.05) is 0 Å². The van der Waals surface area contributed by atoms with Crippen molar-refractivity contribution in [3.8, 4) is 11.5 Å². The number of sulfonamides is 1. The number of hydrogen-bond acceptors (Lipinski definition) is 7. The van der Waals surface area contributed by atoms with E-state index in [2.05, 4.69) is 4.72 Å². The zero-order valence-corrected chi connectivity index (χ0v) is 20.7. The second kappa shape index (κ2) is 11.5. The van der Waals surface area contributed by atoms with E-state index in [9.17, 15) is 18.3 Å². The maximum Gasteiger partial charge on any atom is 0.327 e. The van der Waals surface area contributed by atoms with Gasteiger partial charge >= 0.3 is 5.97 Å². The molecule has 8 nitrogen and oxygen atoms in total. The molecule has 0 amide bonds. The Hall–Kier alpha value is -2.62. The fourth-order valence-corrected chi connectivity index (χ4v) is 4.21. The van der Waals surface area contributed by atoms with E-state index in [1.54, 1.807) is 31.2 Å². The number of aryl methyl sites for hydroxylation is 1. The second-order valence-electron chi connectivity index (χ2n) is 8.15. The molecule has 0 aromatic heterocycles. The molecule has 0 saturated carbocycles. The third kappa shape index (κ3) is 7.45. The first-order chi connectivity index (χ1) is 15.4. The summed E-state index contributed by atoms with van der Waals surface area (Å²) in [4.78, 5) is 12.6. The zero-order valence-electron chi connectivity index (χ0n) is 19.9. The summed E-state index contributed by atoms with van der Waals surface area (Å²) in [5.74, 6) is -0.0451. The van der Waals surface area contributed by atoms with Crippen LogP contribution in [0.3, 0.4) is 0 Å². The number of aliphatic hydroxyl groups excluding tert-OH is 1. The molecule has 2 unspecified atom stereocenters. The average molecular weight is 480 g/mol. The standard InChI is InChI=1S/C24H33NO7S/c1-7-30-24(27)22(25-33(28,29)19-11-8-17(6)9-12-19)23(26)18-10-13-20(31-15(2)3)21(14-18)32-16(4)5/h8-16,22-23,25-26H,7H2,1-6H3. The smallest absolute Gasteiger partial charge is 0.327 e. The van der Waals surface area contributed by atoms with Gasteiger partial charge in [-0.15, -0.1) is 0 Å². The number of ether oxygens (including phenoxy) is 3. The van der Waals surface area contributed by atoms with Crippen molar-refractivity contribution < 1.29 is 32.5 Å². The topological polar surface area (TPSA) is 111 Å². The van der Waals surface area contributed by atoms with Crippen molar-refractivity contribution in [1.29, 1.82) is 0 Å². The molecular formula is C24H33NO7S. The summed E-state index contributed by atoms with van der Waals surface area (Å²) in [7, 11) is -4.11. The first-order valence-electron chi connectivity index (χ1n) is 10.9. The molecule has 0 heterocycles. The highest BCUT2D eigenvalue weighted by Crippen LogP contribution is 2.33. The first-order valence-corrected chi connectivity index (χ1v) is 12.3. The van der Waals surface area contributed by atoms with Gasteiger partial charge in [-0.1, -0.05) is 23.8 Å². The van der Waals surface area contributed by atoms with Crippen LogP contribution in [0.15, 0.2) is 47.4 Å². The van der Waals surface area contributed by atoms with Crippen LogP contribution in [-0.4, -0.2) is 44.4 Å². The van der Waals surface area contributed by atoms with Crippen LogP contribution in [0.4, 0.5) is 0 Å². The molecule has 182 valence electrons. The number of carbonyl (C=O) groups excluding carboxylic acids is 1. The molecule has 33 heavy (non-hydrogen) atoms. The number of benzene rings is 2. The monoisotopic (exact) mass is 479 g/mol. The van der Waals surface area contributed by atoms with Gasteiger partial charge in [0.25, 0.3) is 0 Å². The molecular weight excluding hydrogens is 446 g/mol. The molecule has 0 aliphatic carbocycles. The molecule has 0 radical (unpaired) electrons. The van der Waals surface area contributed by atoms with Gasteiger partial charge in [0.2, 0.25) is 10.0 Å². The lowest BCUT2D eigenvalue weighted by molar-refractivity contribution is -0.148. The zero-order chi connectivity index (χ0) is 24.8. The average Bonchev–Trinajstić information content (AvgIpc) is 2.72. The van der Waals surface area contributed by atoms with Crippen LogP contribution < -0.4 is 14.2 Å². The summed E-state index contributed by atoms with van der Waals surface area (Å²) in [5.41, 5.74) is 1.16. The number of hydrogen-bond donors (Lipinski definition) is 2. The van der Waals surface area contributed by atoms with Gasteiger partial charge in [0.15, 0.2) is 11.5 Å². The van der Waals surface area contributed by atoms with Crippen molar-refractivity contribution in [2.45, 2.75) is 70.8 Å². The van der Waals surface area contributed by atoms with Gasteiger partial charge < -0.3 is 19.3 Å². The van der Waals surface area contributed by atoms with E-state index in [1.165, 1.54) is 18.2 Å². The minimum Gasteiger partial charge on any atom is -0.487 e. The van der Waals surface area contributed by atoms with E-state index >= 15 is 0 Å². The Morgan fingerprint density at radius 1 is 0.970 bits per heavy atom. The molecule has 0 aliphatic heterocycles. The molecule has 2 N–H and O–H groups in total. The lowest BCUT2D eigenvalue weighted by Crippen LogP contribution is -2.45. The lowest BCUT2D eigenvalue weighted by Gasteiger charge is -2.24. The Morgan fingerprint density at radius 3 is 2.09 bits per heavy atom. The highest BCUT2D eigenvalue weighted by molar-refractivity contribution is 7.89. The molecule has 2 rings (SSSR count). The highest BCUT2D eigenvalue weighted by Gasteiger charge is 2.34. The molecule has 9 heteroatoms. The third-order valence-electron chi connectivity index (χ3n) is 4.50. The summed E-state index contributed by atoms with van der Waals surface area (Å²) >= 11 is 0. The van der Waals surface area contributed by atoms with Gasteiger partial charge in [0.05, 0.1) is 23.7 Å². The molecule has 2 atom stereocenters. The number of rotatable bonds is 11. The Balaban J connectivity index is 2.43. The van der Waals surface area contributed by atoms with Crippen LogP contribution in [0.1, 0.15) is 51.8 Å². The summed E-state index contributed by atoms with van der Waals surface area (Å²) in [6, 6.07) is 9.29. The Labute approximate surface area is 195 Å². The van der Waals surface area contributed by atoms with E-state index in [1.807, 2.05) is 34.6 Å². The van der Waals surface area contributed by atoms with Gasteiger partial charge in [-0.3, -0.25) is 4.79 Å². The van der Waals surface area contributed by atoms with E-state index in [-0.39, 0.29) is 29.3 Å². The van der Waals surface area contributed by atoms with Gasteiger partial charge in [0.1, 0.15) is 12.1 Å². The van der Waals surface area contributed by atoms with E-state index in [4.69, 9.17) is 14.2 Å². The summed E-state index contributed by atoms with van der Waals surface area (Å²) in [6.07, 6.45) is -1.82. The normalized spacial score (nSPS) is 13.6. The van der Waals surface area contributed by atoms with Crippen molar-refractivity contribution in [3.63, 3.8) is 0 Å². The maximum absolute atomic E-state index is 12.9. The number of carbonyl (C=O) groups is 1. The van der Waals surface area contributed by atoms with Gasteiger partial charge in [-0.05, 0) is 71.4 Å². The quantitative estimate of drug-likeness (QED) is 0.475. The predicted octanol–water partition coefficient (Wildman–Crippen LogP) is 3.51. The fourth-order valence-electron chi connectivity index (χ4n) is 3.02. The van der Waals surface area contributed by atoms with E-state index in [0.717, 1.165) is 5.56 Å².